The van der Waals surface area contributed by atoms with Crippen LogP contribution in [0.1, 0.15) is 5.56 Å². The maximum atomic E-state index is 13.4. The molecule has 0 bridgehead atoms. The van der Waals surface area contributed by atoms with Crippen LogP contribution in [0.4, 0.5) is 11.4 Å². The van der Waals surface area contributed by atoms with E-state index in [1.165, 1.54) is 18.2 Å². The first-order valence-electron chi connectivity index (χ1n) is 8.72. The van der Waals surface area contributed by atoms with E-state index in [2.05, 4.69) is 20.9 Å². The first-order chi connectivity index (χ1) is 13.9. The van der Waals surface area contributed by atoms with E-state index in [1.807, 2.05) is 42.5 Å². The van der Waals surface area contributed by atoms with Crippen molar-refractivity contribution in [2.75, 3.05) is 5.73 Å². The second-order valence-corrected chi connectivity index (χ2v) is 7.41. The lowest BCUT2D eigenvalue weighted by molar-refractivity contribution is -0.384. The molecule has 1 aromatic heterocycles. The highest BCUT2D eigenvalue weighted by atomic mass is 79.9. The number of non-ortho nitro benzene ring substituents is 1. The van der Waals surface area contributed by atoms with Gasteiger partial charge < -0.3 is 10.3 Å². The lowest BCUT2D eigenvalue weighted by atomic mass is 10.1. The van der Waals surface area contributed by atoms with Crippen LogP contribution in [0.3, 0.4) is 0 Å². The van der Waals surface area contributed by atoms with Gasteiger partial charge in [-0.25, -0.2) is 4.98 Å². The number of anilines is 1. The number of hydrogen-bond donors (Lipinski definition) is 1. The molecule has 0 aliphatic carbocycles. The van der Waals surface area contributed by atoms with Crippen molar-refractivity contribution in [2.45, 2.75) is 6.54 Å². The van der Waals surface area contributed by atoms with E-state index < -0.39 is 4.92 Å². The van der Waals surface area contributed by atoms with Crippen LogP contribution in [0.25, 0.3) is 22.3 Å². The fraction of sp³-hybridized carbons (Fsp3) is 0.0476. The second kappa shape index (κ2) is 7.48. The summed E-state index contributed by atoms with van der Waals surface area (Å²) in [4.78, 5) is 28.5. The number of nitrogen functional groups attached to an aromatic ring is 1. The van der Waals surface area contributed by atoms with Gasteiger partial charge in [0.25, 0.3) is 11.2 Å². The highest BCUT2D eigenvalue weighted by molar-refractivity contribution is 9.10. The molecule has 144 valence electrons. The molecule has 1 heterocycles. The number of hydrogen-bond acceptors (Lipinski definition) is 5. The monoisotopic (exact) mass is 450 g/mol. The van der Waals surface area contributed by atoms with Gasteiger partial charge in [0.1, 0.15) is 5.69 Å². The summed E-state index contributed by atoms with van der Waals surface area (Å²) in [7, 11) is 0. The van der Waals surface area contributed by atoms with Gasteiger partial charge in [-0.1, -0.05) is 40.2 Å². The van der Waals surface area contributed by atoms with Crippen molar-refractivity contribution >= 4 is 38.3 Å². The van der Waals surface area contributed by atoms with E-state index in [9.17, 15) is 14.9 Å². The van der Waals surface area contributed by atoms with Gasteiger partial charge >= 0.3 is 0 Å². The molecule has 0 unspecified atom stereocenters. The van der Waals surface area contributed by atoms with Crippen LogP contribution in [0.5, 0.6) is 0 Å². The summed E-state index contributed by atoms with van der Waals surface area (Å²) in [6.07, 6.45) is 0. The standard InChI is InChI=1S/C21H15BrN4O3/c22-14-5-3-4-13(10-14)12-25-19-7-2-1-6-18(19)24-20(21(25)27)16-11-15(26(28)29)8-9-17(16)23/h1-11H,12,23H2. The molecule has 0 amide bonds. The fourth-order valence-electron chi connectivity index (χ4n) is 3.21. The van der Waals surface area contributed by atoms with Crippen molar-refractivity contribution < 1.29 is 4.92 Å². The number of rotatable bonds is 4. The van der Waals surface area contributed by atoms with Gasteiger partial charge in [-0.2, -0.15) is 0 Å². The molecule has 0 aliphatic rings. The molecule has 0 spiro atoms. The third-order valence-corrected chi connectivity index (χ3v) is 5.08. The van der Waals surface area contributed by atoms with Gasteiger partial charge in [-0.3, -0.25) is 14.9 Å². The Morgan fingerprint density at radius 3 is 2.62 bits per heavy atom. The number of nitrogens with two attached hydrogens (primary N) is 1. The normalized spacial score (nSPS) is 10.9. The number of para-hydroxylation sites is 2. The summed E-state index contributed by atoms with van der Waals surface area (Å²) in [5.74, 6) is 0. The summed E-state index contributed by atoms with van der Waals surface area (Å²) in [6.45, 7) is 0.323. The summed E-state index contributed by atoms with van der Waals surface area (Å²) < 4.78 is 2.52. The zero-order valence-corrected chi connectivity index (χ0v) is 16.7. The van der Waals surface area contributed by atoms with E-state index in [1.54, 1.807) is 10.6 Å². The van der Waals surface area contributed by atoms with Crippen LogP contribution in [0.2, 0.25) is 0 Å². The molecule has 8 heteroatoms. The van der Waals surface area contributed by atoms with Crippen molar-refractivity contribution in [1.29, 1.82) is 0 Å². The number of fused-ring (bicyclic) bond motifs is 1. The minimum absolute atomic E-state index is 0.0832. The molecule has 0 radical (unpaired) electrons. The van der Waals surface area contributed by atoms with Gasteiger partial charge in [-0.15, -0.1) is 0 Å². The van der Waals surface area contributed by atoms with E-state index >= 15 is 0 Å². The Balaban J connectivity index is 1.98. The molecular weight excluding hydrogens is 436 g/mol. The van der Waals surface area contributed by atoms with Crippen molar-refractivity contribution in [3.8, 4) is 11.3 Å². The first-order valence-corrected chi connectivity index (χ1v) is 9.51. The quantitative estimate of drug-likeness (QED) is 0.282. The Morgan fingerprint density at radius 1 is 1.07 bits per heavy atom. The molecule has 4 rings (SSSR count). The number of aromatic nitrogens is 2. The molecule has 7 nitrogen and oxygen atoms in total. The third kappa shape index (κ3) is 3.62. The van der Waals surface area contributed by atoms with Crippen LogP contribution >= 0.6 is 15.9 Å². The lowest BCUT2D eigenvalue weighted by Crippen LogP contribution is -2.24. The second-order valence-electron chi connectivity index (χ2n) is 6.50. The van der Waals surface area contributed by atoms with Crippen LogP contribution in [-0.4, -0.2) is 14.5 Å². The van der Waals surface area contributed by atoms with Gasteiger partial charge in [0.15, 0.2) is 0 Å². The summed E-state index contributed by atoms with van der Waals surface area (Å²) in [5, 5.41) is 11.2. The average Bonchev–Trinajstić information content (AvgIpc) is 2.70. The largest absolute Gasteiger partial charge is 0.398 e. The molecule has 0 saturated carbocycles. The van der Waals surface area contributed by atoms with Crippen molar-refractivity contribution in [2.24, 2.45) is 0 Å². The maximum absolute atomic E-state index is 13.4. The lowest BCUT2D eigenvalue weighted by Gasteiger charge is -2.13. The number of halogens is 1. The van der Waals surface area contributed by atoms with E-state index in [-0.39, 0.29) is 28.2 Å². The maximum Gasteiger partial charge on any atom is 0.277 e. The van der Waals surface area contributed by atoms with Gasteiger partial charge in [-0.05, 0) is 35.9 Å². The van der Waals surface area contributed by atoms with Crippen LogP contribution < -0.4 is 11.3 Å². The molecule has 2 N–H and O–H groups in total. The zero-order valence-electron chi connectivity index (χ0n) is 15.1. The zero-order chi connectivity index (χ0) is 20.5. The first kappa shape index (κ1) is 18.8. The summed E-state index contributed by atoms with van der Waals surface area (Å²) >= 11 is 3.45. The number of nitro benzene ring substituents is 1. The molecule has 0 fully saturated rings. The topological polar surface area (TPSA) is 104 Å². The van der Waals surface area contributed by atoms with E-state index in [0.29, 0.717) is 17.6 Å². The Kier molecular flexibility index (Phi) is 4.85. The fourth-order valence-corrected chi connectivity index (χ4v) is 3.65. The average molecular weight is 451 g/mol. The molecule has 0 saturated heterocycles. The predicted octanol–water partition coefficient (Wildman–Crippen LogP) is 4.36. The molecule has 4 aromatic rings. The highest BCUT2D eigenvalue weighted by Crippen LogP contribution is 2.28. The number of benzene rings is 3. The van der Waals surface area contributed by atoms with E-state index in [0.717, 1.165) is 10.0 Å². The van der Waals surface area contributed by atoms with E-state index in [4.69, 9.17) is 5.73 Å². The Labute approximate surface area is 173 Å². The van der Waals surface area contributed by atoms with Crippen LogP contribution in [0, 0.1) is 10.1 Å². The Hall–Kier alpha value is -3.52. The summed E-state index contributed by atoms with van der Waals surface area (Å²) in [6, 6.07) is 19.0. The molecule has 3 aromatic carbocycles. The molecule has 0 atom stereocenters. The minimum Gasteiger partial charge on any atom is -0.398 e. The number of nitro groups is 1. The van der Waals surface area contributed by atoms with Crippen molar-refractivity contribution in [1.82, 2.24) is 9.55 Å². The third-order valence-electron chi connectivity index (χ3n) is 4.59. The minimum atomic E-state index is -0.524. The predicted molar refractivity (Wildman–Crippen MR) is 116 cm³/mol. The Bertz CT molecular complexity index is 1320. The van der Waals surface area contributed by atoms with Crippen molar-refractivity contribution in [3.63, 3.8) is 0 Å². The molecule has 0 aliphatic heterocycles. The SMILES string of the molecule is Nc1ccc([N+](=O)[O-])cc1-c1nc2ccccc2n(Cc2cccc(Br)c2)c1=O. The van der Waals surface area contributed by atoms with Crippen LogP contribution in [-0.2, 0) is 6.54 Å². The Morgan fingerprint density at radius 2 is 1.86 bits per heavy atom. The molecular formula is C21H15BrN4O3. The molecule has 29 heavy (non-hydrogen) atoms. The van der Waals surface area contributed by atoms with Gasteiger partial charge in [0.05, 0.1) is 22.5 Å². The van der Waals surface area contributed by atoms with Gasteiger partial charge in [0.2, 0.25) is 0 Å². The highest BCUT2D eigenvalue weighted by Gasteiger charge is 2.18. The van der Waals surface area contributed by atoms with Crippen LogP contribution in [0.15, 0.2) is 76.0 Å². The van der Waals surface area contributed by atoms with Gasteiger partial charge in [0, 0.05) is 27.9 Å². The van der Waals surface area contributed by atoms with Crippen molar-refractivity contribution in [3.05, 3.63) is 97.2 Å². The number of nitrogens with zero attached hydrogens (tertiary/aromatic N) is 3. The smallest absolute Gasteiger partial charge is 0.277 e. The summed E-state index contributed by atoms with van der Waals surface area (Å²) in [5.41, 5.74) is 8.31.